The molecule has 0 radical (unpaired) electrons. The number of hydrogen-bond acceptors (Lipinski definition) is 5. The van der Waals surface area contributed by atoms with Crippen LogP contribution in [0.25, 0.3) is 0 Å². The molecule has 134 valence electrons. The van der Waals surface area contributed by atoms with Crippen molar-refractivity contribution in [3.8, 4) is 6.07 Å². The first-order chi connectivity index (χ1) is 12.5. The fraction of sp³-hybridized carbons (Fsp3) is 0.278. The summed E-state index contributed by atoms with van der Waals surface area (Å²) < 4.78 is 0. The molecule has 0 unspecified atom stereocenters. The Morgan fingerprint density at radius 1 is 1.38 bits per heavy atom. The molecule has 1 aliphatic rings. The minimum absolute atomic E-state index is 0.163. The maximum absolute atomic E-state index is 12.5. The van der Waals surface area contributed by atoms with Gasteiger partial charge in [-0.15, -0.1) is 23.1 Å². The van der Waals surface area contributed by atoms with Crippen molar-refractivity contribution < 1.29 is 4.79 Å². The first kappa shape index (κ1) is 19.2. The number of thioether (sulfide) groups is 1. The van der Waals surface area contributed by atoms with Gasteiger partial charge in [0.25, 0.3) is 5.91 Å². The highest BCUT2D eigenvalue weighted by Crippen LogP contribution is 2.37. The molecule has 1 aromatic heterocycles. The highest BCUT2D eigenvalue weighted by Gasteiger charge is 2.21. The molecule has 0 saturated heterocycles. The Labute approximate surface area is 170 Å². The number of nitrogens with one attached hydrogen (secondary N) is 2. The smallest absolute Gasteiger partial charge is 0.258 e. The standard InChI is InChI=1S/C18H16ClN3OS3/c1-25-10-6-7-14(19)12(8-10)16(23)21-18(24)22-17-13(9-20)11-4-2-3-5-15(11)26-17/h6-8H,2-5H2,1H3,(H2,21,22,23,24). The maximum atomic E-state index is 12.5. The van der Waals surface area contributed by atoms with Gasteiger partial charge >= 0.3 is 0 Å². The molecule has 1 aliphatic carbocycles. The second-order valence-corrected chi connectivity index (χ2v) is 8.58. The van der Waals surface area contributed by atoms with E-state index in [4.69, 9.17) is 23.8 Å². The fourth-order valence-electron chi connectivity index (χ4n) is 2.88. The van der Waals surface area contributed by atoms with E-state index >= 15 is 0 Å². The van der Waals surface area contributed by atoms with E-state index in [1.165, 1.54) is 16.6 Å². The third-order valence-corrected chi connectivity index (χ3v) is 6.62. The average Bonchev–Trinajstić information content (AvgIpc) is 2.98. The highest BCUT2D eigenvalue weighted by molar-refractivity contribution is 7.98. The number of aryl methyl sites for hydroxylation is 1. The molecule has 0 aliphatic heterocycles. The summed E-state index contributed by atoms with van der Waals surface area (Å²) in [5.74, 6) is -0.372. The Morgan fingerprint density at radius 3 is 2.88 bits per heavy atom. The number of anilines is 1. The molecule has 26 heavy (non-hydrogen) atoms. The van der Waals surface area contributed by atoms with E-state index < -0.39 is 0 Å². The third-order valence-electron chi connectivity index (χ3n) is 4.16. The van der Waals surface area contributed by atoms with Gasteiger partial charge in [0, 0.05) is 9.77 Å². The Balaban J connectivity index is 1.75. The second kappa shape index (κ2) is 8.40. The number of benzene rings is 1. The Morgan fingerprint density at radius 2 is 2.15 bits per heavy atom. The van der Waals surface area contributed by atoms with Crippen LogP contribution in [0.4, 0.5) is 5.00 Å². The van der Waals surface area contributed by atoms with Gasteiger partial charge in [0.05, 0.1) is 16.1 Å². The lowest BCUT2D eigenvalue weighted by atomic mass is 9.96. The Kier molecular flexibility index (Phi) is 6.20. The molecule has 2 N–H and O–H groups in total. The topological polar surface area (TPSA) is 64.9 Å². The minimum atomic E-state index is -0.372. The van der Waals surface area contributed by atoms with Crippen molar-refractivity contribution in [1.29, 1.82) is 5.26 Å². The second-order valence-electron chi connectivity index (χ2n) is 5.78. The van der Waals surface area contributed by atoms with Gasteiger partial charge in [-0.25, -0.2) is 0 Å². The van der Waals surface area contributed by atoms with Crippen LogP contribution in [-0.2, 0) is 12.8 Å². The van der Waals surface area contributed by atoms with Crippen LogP contribution in [0.15, 0.2) is 23.1 Å². The molecule has 0 fully saturated rings. The molecule has 8 heteroatoms. The van der Waals surface area contributed by atoms with E-state index in [1.807, 2.05) is 12.3 Å². The SMILES string of the molecule is CSc1ccc(Cl)c(C(=O)NC(=S)Nc2sc3c(c2C#N)CCCC3)c1. The molecule has 0 spiro atoms. The van der Waals surface area contributed by atoms with Crippen LogP contribution in [0.2, 0.25) is 5.02 Å². The lowest BCUT2D eigenvalue weighted by Gasteiger charge is -2.10. The van der Waals surface area contributed by atoms with Crippen molar-refractivity contribution in [3.63, 3.8) is 0 Å². The van der Waals surface area contributed by atoms with E-state index in [-0.39, 0.29) is 11.0 Å². The number of halogens is 1. The zero-order chi connectivity index (χ0) is 18.7. The van der Waals surface area contributed by atoms with Crippen LogP contribution in [0.5, 0.6) is 0 Å². The zero-order valence-electron chi connectivity index (χ0n) is 14.0. The highest BCUT2D eigenvalue weighted by atomic mass is 35.5. The van der Waals surface area contributed by atoms with Gasteiger partial charge in [-0.1, -0.05) is 11.6 Å². The van der Waals surface area contributed by atoms with Crippen molar-refractivity contribution >= 4 is 62.9 Å². The Bertz CT molecular complexity index is 917. The molecule has 0 bridgehead atoms. The molecule has 3 rings (SSSR count). The van der Waals surface area contributed by atoms with E-state index in [1.54, 1.807) is 23.5 Å². The lowest BCUT2D eigenvalue weighted by Crippen LogP contribution is -2.34. The average molecular weight is 422 g/mol. The maximum Gasteiger partial charge on any atom is 0.258 e. The quantitative estimate of drug-likeness (QED) is 0.539. The van der Waals surface area contributed by atoms with Crippen molar-refractivity contribution in [2.24, 2.45) is 0 Å². The van der Waals surface area contributed by atoms with Gasteiger partial charge in [-0.2, -0.15) is 5.26 Å². The molecule has 1 heterocycles. The monoisotopic (exact) mass is 421 g/mol. The summed E-state index contributed by atoms with van der Waals surface area (Å²) in [6.07, 6.45) is 6.09. The zero-order valence-corrected chi connectivity index (χ0v) is 17.2. The molecule has 0 atom stereocenters. The number of carbonyl (C=O) groups excluding carboxylic acids is 1. The Hall–Kier alpha value is -1.59. The first-order valence-corrected chi connectivity index (χ1v) is 10.9. The molecule has 4 nitrogen and oxygen atoms in total. The lowest BCUT2D eigenvalue weighted by molar-refractivity contribution is 0.0977. The van der Waals surface area contributed by atoms with Gasteiger partial charge < -0.3 is 5.32 Å². The van der Waals surface area contributed by atoms with Gasteiger partial charge in [0.2, 0.25) is 0 Å². The van der Waals surface area contributed by atoms with Crippen LogP contribution in [0.1, 0.15) is 39.2 Å². The summed E-state index contributed by atoms with van der Waals surface area (Å²) in [6, 6.07) is 7.55. The number of nitriles is 1. The number of thiophene rings is 1. The predicted octanol–water partition coefficient (Wildman–Crippen LogP) is 5.00. The van der Waals surface area contributed by atoms with Crippen molar-refractivity contribution in [2.75, 3.05) is 11.6 Å². The van der Waals surface area contributed by atoms with E-state index in [2.05, 4.69) is 16.7 Å². The number of hydrogen-bond donors (Lipinski definition) is 2. The van der Waals surface area contributed by atoms with Gasteiger partial charge in [-0.3, -0.25) is 10.1 Å². The van der Waals surface area contributed by atoms with Crippen LogP contribution >= 0.6 is 46.9 Å². The summed E-state index contributed by atoms with van der Waals surface area (Å²) in [5, 5.41) is 16.4. The summed E-state index contributed by atoms with van der Waals surface area (Å²) in [7, 11) is 0. The van der Waals surface area contributed by atoms with E-state index in [0.29, 0.717) is 21.2 Å². The molecule has 2 aromatic rings. The van der Waals surface area contributed by atoms with Crippen LogP contribution in [0, 0.1) is 11.3 Å². The van der Waals surface area contributed by atoms with Crippen molar-refractivity contribution in [3.05, 3.63) is 44.8 Å². The normalized spacial score (nSPS) is 12.8. The van der Waals surface area contributed by atoms with Crippen molar-refractivity contribution in [1.82, 2.24) is 5.32 Å². The molecule has 1 aromatic carbocycles. The molecular formula is C18H16ClN3OS3. The third kappa shape index (κ3) is 4.04. The van der Waals surface area contributed by atoms with Crippen LogP contribution < -0.4 is 10.6 Å². The number of fused-ring (bicyclic) bond motifs is 1. The van der Waals surface area contributed by atoms with Gasteiger partial charge in [0.1, 0.15) is 11.1 Å². The van der Waals surface area contributed by atoms with Crippen molar-refractivity contribution in [2.45, 2.75) is 30.6 Å². The van der Waals surface area contributed by atoms with Gasteiger partial charge in [-0.05, 0) is 67.9 Å². The van der Waals surface area contributed by atoms with Crippen LogP contribution in [0.3, 0.4) is 0 Å². The first-order valence-electron chi connectivity index (χ1n) is 8.04. The fourth-order valence-corrected chi connectivity index (χ4v) is 5.03. The molecular weight excluding hydrogens is 406 g/mol. The minimum Gasteiger partial charge on any atom is -0.323 e. The van der Waals surface area contributed by atoms with E-state index in [9.17, 15) is 10.1 Å². The predicted molar refractivity (Wildman–Crippen MR) is 113 cm³/mol. The number of nitrogens with zero attached hydrogens (tertiary/aromatic N) is 1. The summed E-state index contributed by atoms with van der Waals surface area (Å²) in [6.45, 7) is 0. The summed E-state index contributed by atoms with van der Waals surface area (Å²) >= 11 is 14.5. The summed E-state index contributed by atoms with van der Waals surface area (Å²) in [4.78, 5) is 14.7. The van der Waals surface area contributed by atoms with E-state index in [0.717, 1.165) is 36.1 Å². The largest absolute Gasteiger partial charge is 0.323 e. The number of amides is 1. The van der Waals surface area contributed by atoms with Crippen LogP contribution in [-0.4, -0.2) is 17.3 Å². The van der Waals surface area contributed by atoms with Gasteiger partial charge in [0.15, 0.2) is 5.11 Å². The molecule has 0 saturated carbocycles. The number of carbonyl (C=O) groups is 1. The summed E-state index contributed by atoms with van der Waals surface area (Å²) in [5.41, 5.74) is 2.13. The number of thiocarbonyl (C=S) groups is 1. The molecule has 1 amide bonds. The number of rotatable bonds is 3.